The van der Waals surface area contributed by atoms with E-state index in [2.05, 4.69) is 56.4 Å². The molecular formula is C15H25N. The van der Waals surface area contributed by atoms with Crippen molar-refractivity contribution in [1.82, 2.24) is 5.32 Å². The zero-order valence-electron chi connectivity index (χ0n) is 10.9. The van der Waals surface area contributed by atoms with E-state index in [9.17, 15) is 0 Å². The predicted octanol–water partition coefficient (Wildman–Crippen LogP) is 3.64. The van der Waals surface area contributed by atoms with Gasteiger partial charge in [0.2, 0.25) is 0 Å². The Hall–Kier alpha value is -0.820. The fraction of sp³-hybridized carbons (Fsp3) is 0.600. The third-order valence-corrected chi connectivity index (χ3v) is 3.30. The molecule has 0 saturated carbocycles. The van der Waals surface area contributed by atoms with Crippen LogP contribution in [0.2, 0.25) is 0 Å². The second-order valence-electron chi connectivity index (χ2n) is 4.74. The fourth-order valence-corrected chi connectivity index (χ4v) is 1.86. The largest absolute Gasteiger partial charge is 0.314 e. The van der Waals surface area contributed by atoms with E-state index < -0.39 is 0 Å². The van der Waals surface area contributed by atoms with Gasteiger partial charge in [0.1, 0.15) is 0 Å². The number of benzene rings is 1. The summed E-state index contributed by atoms with van der Waals surface area (Å²) in [5.41, 5.74) is 1.46. The smallest absolute Gasteiger partial charge is 0.00644 e. The van der Waals surface area contributed by atoms with Crippen molar-refractivity contribution in [3.05, 3.63) is 35.9 Å². The second kappa shape index (κ2) is 7.45. The second-order valence-corrected chi connectivity index (χ2v) is 4.74. The number of aryl methyl sites for hydroxylation is 1. The quantitative estimate of drug-likeness (QED) is 0.738. The van der Waals surface area contributed by atoms with Gasteiger partial charge in [-0.15, -0.1) is 0 Å². The average Bonchev–Trinajstić information content (AvgIpc) is 2.34. The zero-order chi connectivity index (χ0) is 11.8. The molecule has 1 rings (SSSR count). The predicted molar refractivity (Wildman–Crippen MR) is 71.7 cm³/mol. The maximum absolute atomic E-state index is 3.57. The van der Waals surface area contributed by atoms with Crippen LogP contribution in [0.5, 0.6) is 0 Å². The highest BCUT2D eigenvalue weighted by Gasteiger charge is 2.10. The lowest BCUT2D eigenvalue weighted by Gasteiger charge is -2.21. The summed E-state index contributed by atoms with van der Waals surface area (Å²) in [6, 6.07) is 11.4. The van der Waals surface area contributed by atoms with Crippen molar-refractivity contribution in [2.75, 3.05) is 6.54 Å². The molecule has 0 spiro atoms. The molecule has 2 unspecified atom stereocenters. The molecule has 0 saturated heterocycles. The summed E-state index contributed by atoms with van der Waals surface area (Å²) < 4.78 is 0. The molecule has 0 aliphatic carbocycles. The van der Waals surface area contributed by atoms with Gasteiger partial charge in [0, 0.05) is 6.04 Å². The van der Waals surface area contributed by atoms with Crippen molar-refractivity contribution in [3.63, 3.8) is 0 Å². The molecule has 0 bridgehead atoms. The van der Waals surface area contributed by atoms with Gasteiger partial charge in [-0.25, -0.2) is 0 Å². The van der Waals surface area contributed by atoms with Gasteiger partial charge in [-0.3, -0.25) is 0 Å². The van der Waals surface area contributed by atoms with Crippen LogP contribution in [0.25, 0.3) is 0 Å². The first-order valence-electron chi connectivity index (χ1n) is 6.51. The Morgan fingerprint density at radius 2 is 1.81 bits per heavy atom. The molecule has 2 atom stereocenters. The maximum Gasteiger partial charge on any atom is 0.00644 e. The Morgan fingerprint density at radius 1 is 1.12 bits per heavy atom. The summed E-state index contributed by atoms with van der Waals surface area (Å²) in [6.45, 7) is 7.99. The topological polar surface area (TPSA) is 12.0 Å². The normalized spacial score (nSPS) is 14.7. The Kier molecular flexibility index (Phi) is 6.17. The molecule has 0 aliphatic heterocycles. The van der Waals surface area contributed by atoms with E-state index in [1.807, 2.05) is 0 Å². The lowest BCUT2D eigenvalue weighted by molar-refractivity contribution is 0.380. The van der Waals surface area contributed by atoms with E-state index in [-0.39, 0.29) is 0 Å². The number of hydrogen-bond donors (Lipinski definition) is 1. The molecule has 0 aromatic heterocycles. The van der Waals surface area contributed by atoms with Crippen molar-refractivity contribution < 1.29 is 0 Å². The lowest BCUT2D eigenvalue weighted by atomic mass is 9.95. The van der Waals surface area contributed by atoms with Crippen LogP contribution in [0.4, 0.5) is 0 Å². The van der Waals surface area contributed by atoms with Gasteiger partial charge < -0.3 is 5.32 Å². The summed E-state index contributed by atoms with van der Waals surface area (Å²) in [5, 5.41) is 3.57. The number of nitrogens with one attached hydrogen (secondary N) is 1. The standard InChI is InChI=1S/C15H25N/c1-4-12-16-14(3)13(2)10-11-15-8-6-5-7-9-15/h5-9,13-14,16H,4,10-12H2,1-3H3. The molecule has 0 amide bonds. The molecule has 0 radical (unpaired) electrons. The van der Waals surface area contributed by atoms with Gasteiger partial charge in [0.15, 0.2) is 0 Å². The molecule has 16 heavy (non-hydrogen) atoms. The molecule has 1 aromatic carbocycles. The molecule has 1 N–H and O–H groups in total. The summed E-state index contributed by atoms with van der Waals surface area (Å²) in [4.78, 5) is 0. The van der Waals surface area contributed by atoms with E-state index >= 15 is 0 Å². The van der Waals surface area contributed by atoms with Gasteiger partial charge in [-0.05, 0) is 44.2 Å². The Labute approximate surface area is 100 Å². The van der Waals surface area contributed by atoms with Crippen molar-refractivity contribution in [3.8, 4) is 0 Å². The highest BCUT2D eigenvalue weighted by atomic mass is 14.9. The first-order valence-corrected chi connectivity index (χ1v) is 6.51. The van der Waals surface area contributed by atoms with Crippen molar-refractivity contribution in [2.45, 2.75) is 46.1 Å². The van der Waals surface area contributed by atoms with Gasteiger partial charge in [-0.2, -0.15) is 0 Å². The molecule has 90 valence electrons. The lowest BCUT2D eigenvalue weighted by Crippen LogP contribution is -2.32. The first-order chi connectivity index (χ1) is 7.74. The van der Waals surface area contributed by atoms with Crippen LogP contribution >= 0.6 is 0 Å². The van der Waals surface area contributed by atoms with E-state index in [0.717, 1.165) is 12.5 Å². The summed E-state index contributed by atoms with van der Waals surface area (Å²) in [7, 11) is 0. The monoisotopic (exact) mass is 219 g/mol. The van der Waals surface area contributed by atoms with E-state index in [1.165, 1.54) is 24.8 Å². The molecule has 1 nitrogen and oxygen atoms in total. The minimum atomic E-state index is 0.628. The van der Waals surface area contributed by atoms with Crippen LogP contribution in [-0.4, -0.2) is 12.6 Å². The molecular weight excluding hydrogens is 194 g/mol. The van der Waals surface area contributed by atoms with Crippen LogP contribution in [0.1, 0.15) is 39.2 Å². The highest BCUT2D eigenvalue weighted by Crippen LogP contribution is 2.12. The SMILES string of the molecule is CCCNC(C)C(C)CCc1ccccc1. The van der Waals surface area contributed by atoms with E-state index in [0.29, 0.717) is 6.04 Å². The first kappa shape index (κ1) is 13.2. The Morgan fingerprint density at radius 3 is 2.44 bits per heavy atom. The van der Waals surface area contributed by atoms with Gasteiger partial charge in [0.05, 0.1) is 0 Å². The summed E-state index contributed by atoms with van der Waals surface area (Å²) >= 11 is 0. The number of hydrogen-bond acceptors (Lipinski definition) is 1. The van der Waals surface area contributed by atoms with Crippen LogP contribution in [0.3, 0.4) is 0 Å². The Balaban J connectivity index is 2.26. The van der Waals surface area contributed by atoms with Gasteiger partial charge in [0.25, 0.3) is 0 Å². The fourth-order valence-electron chi connectivity index (χ4n) is 1.86. The van der Waals surface area contributed by atoms with E-state index in [4.69, 9.17) is 0 Å². The van der Waals surface area contributed by atoms with Crippen molar-refractivity contribution >= 4 is 0 Å². The van der Waals surface area contributed by atoms with Crippen LogP contribution in [-0.2, 0) is 6.42 Å². The maximum atomic E-state index is 3.57. The minimum absolute atomic E-state index is 0.628. The number of rotatable bonds is 7. The molecule has 0 fully saturated rings. The third kappa shape index (κ3) is 4.80. The van der Waals surface area contributed by atoms with Gasteiger partial charge >= 0.3 is 0 Å². The summed E-state index contributed by atoms with van der Waals surface area (Å²) in [5.74, 6) is 0.742. The average molecular weight is 219 g/mol. The minimum Gasteiger partial charge on any atom is -0.314 e. The van der Waals surface area contributed by atoms with Crippen molar-refractivity contribution in [2.24, 2.45) is 5.92 Å². The van der Waals surface area contributed by atoms with Crippen LogP contribution in [0.15, 0.2) is 30.3 Å². The zero-order valence-corrected chi connectivity index (χ0v) is 10.9. The van der Waals surface area contributed by atoms with Gasteiger partial charge in [-0.1, -0.05) is 44.2 Å². The van der Waals surface area contributed by atoms with Crippen LogP contribution in [0, 0.1) is 5.92 Å². The highest BCUT2D eigenvalue weighted by molar-refractivity contribution is 5.14. The van der Waals surface area contributed by atoms with E-state index in [1.54, 1.807) is 0 Å². The third-order valence-electron chi connectivity index (χ3n) is 3.30. The molecule has 1 heteroatoms. The van der Waals surface area contributed by atoms with Crippen LogP contribution < -0.4 is 5.32 Å². The molecule has 0 aliphatic rings. The van der Waals surface area contributed by atoms with Crippen molar-refractivity contribution in [1.29, 1.82) is 0 Å². The Bertz CT molecular complexity index is 268. The molecule has 0 heterocycles. The molecule has 1 aromatic rings. The summed E-state index contributed by atoms with van der Waals surface area (Å²) in [6.07, 6.45) is 3.68.